The Hall–Kier alpha value is -0.990. The van der Waals surface area contributed by atoms with Gasteiger partial charge in [-0.05, 0) is 31.6 Å². The fourth-order valence-corrected chi connectivity index (χ4v) is 2.57. The lowest BCUT2D eigenvalue weighted by Crippen LogP contribution is -2.18. The maximum absolute atomic E-state index is 4.34. The van der Waals surface area contributed by atoms with Crippen molar-refractivity contribution < 1.29 is 0 Å². The summed E-state index contributed by atoms with van der Waals surface area (Å²) in [4.78, 5) is 4.34. The van der Waals surface area contributed by atoms with E-state index < -0.39 is 0 Å². The number of nitrogens with one attached hydrogen (secondary N) is 1. The zero-order valence-corrected chi connectivity index (χ0v) is 10.4. The standard InChI is InChI=1S/C13H23N3/c1-3-14-13-15-8-9-16(13)10-12-6-4-11(2)5-7-12/h8-9,11-12H,3-7,10H2,1-2H3,(H,14,15). The molecular weight excluding hydrogens is 198 g/mol. The van der Waals surface area contributed by atoms with Gasteiger partial charge < -0.3 is 9.88 Å². The molecule has 0 aliphatic heterocycles. The molecule has 0 unspecified atom stereocenters. The van der Waals surface area contributed by atoms with Crippen molar-refractivity contribution in [3.05, 3.63) is 12.4 Å². The van der Waals surface area contributed by atoms with Crippen LogP contribution in [0.1, 0.15) is 39.5 Å². The van der Waals surface area contributed by atoms with Crippen molar-refractivity contribution in [2.75, 3.05) is 11.9 Å². The van der Waals surface area contributed by atoms with Crippen LogP contribution in [0.25, 0.3) is 0 Å². The molecule has 16 heavy (non-hydrogen) atoms. The fraction of sp³-hybridized carbons (Fsp3) is 0.769. The number of aromatic nitrogens is 2. The molecule has 90 valence electrons. The molecule has 1 aliphatic rings. The van der Waals surface area contributed by atoms with Gasteiger partial charge in [0.1, 0.15) is 0 Å². The zero-order valence-electron chi connectivity index (χ0n) is 10.4. The predicted molar refractivity (Wildman–Crippen MR) is 67.5 cm³/mol. The third-order valence-corrected chi connectivity index (χ3v) is 3.64. The van der Waals surface area contributed by atoms with Crippen LogP contribution in [0.2, 0.25) is 0 Å². The second-order valence-corrected chi connectivity index (χ2v) is 5.06. The number of anilines is 1. The molecule has 1 N–H and O–H groups in total. The highest BCUT2D eigenvalue weighted by Gasteiger charge is 2.19. The highest BCUT2D eigenvalue weighted by molar-refractivity contribution is 5.25. The summed E-state index contributed by atoms with van der Waals surface area (Å²) in [5.41, 5.74) is 0. The molecule has 1 heterocycles. The summed E-state index contributed by atoms with van der Waals surface area (Å²) in [6.45, 7) is 6.56. The van der Waals surface area contributed by atoms with Gasteiger partial charge in [0.05, 0.1) is 0 Å². The first kappa shape index (κ1) is 11.5. The van der Waals surface area contributed by atoms with Crippen molar-refractivity contribution >= 4 is 5.95 Å². The molecule has 1 aromatic heterocycles. The molecule has 0 radical (unpaired) electrons. The molecule has 0 amide bonds. The molecule has 1 aromatic rings. The van der Waals surface area contributed by atoms with E-state index in [1.165, 1.54) is 25.7 Å². The second kappa shape index (κ2) is 5.37. The molecule has 0 spiro atoms. The average Bonchev–Trinajstić information content (AvgIpc) is 2.70. The van der Waals surface area contributed by atoms with Crippen LogP contribution in [-0.2, 0) is 6.54 Å². The Balaban J connectivity index is 1.90. The van der Waals surface area contributed by atoms with Crippen LogP contribution in [0, 0.1) is 11.8 Å². The topological polar surface area (TPSA) is 29.9 Å². The van der Waals surface area contributed by atoms with Gasteiger partial charge in [0, 0.05) is 25.5 Å². The van der Waals surface area contributed by atoms with Crippen LogP contribution in [0.5, 0.6) is 0 Å². The van der Waals surface area contributed by atoms with E-state index in [2.05, 4.69) is 34.9 Å². The maximum Gasteiger partial charge on any atom is 0.202 e. The fourth-order valence-electron chi connectivity index (χ4n) is 2.57. The molecule has 2 rings (SSSR count). The lowest BCUT2D eigenvalue weighted by molar-refractivity contribution is 0.265. The smallest absolute Gasteiger partial charge is 0.202 e. The summed E-state index contributed by atoms with van der Waals surface area (Å²) in [5, 5.41) is 3.31. The second-order valence-electron chi connectivity index (χ2n) is 5.06. The van der Waals surface area contributed by atoms with Crippen LogP contribution in [0.4, 0.5) is 5.95 Å². The summed E-state index contributed by atoms with van der Waals surface area (Å²) < 4.78 is 2.27. The van der Waals surface area contributed by atoms with E-state index in [0.29, 0.717) is 0 Å². The lowest BCUT2D eigenvalue weighted by atomic mass is 9.83. The first-order chi connectivity index (χ1) is 7.79. The normalized spacial score (nSPS) is 25.6. The summed E-state index contributed by atoms with van der Waals surface area (Å²) in [6.07, 6.45) is 9.54. The first-order valence-corrected chi connectivity index (χ1v) is 6.54. The molecule has 0 atom stereocenters. The SMILES string of the molecule is CCNc1nccn1CC1CCC(C)CC1. The van der Waals surface area contributed by atoms with E-state index in [9.17, 15) is 0 Å². The Morgan fingerprint density at radius 2 is 2.12 bits per heavy atom. The molecule has 0 bridgehead atoms. The van der Waals surface area contributed by atoms with Gasteiger partial charge in [-0.25, -0.2) is 4.98 Å². The number of hydrogen-bond acceptors (Lipinski definition) is 2. The van der Waals surface area contributed by atoms with Crippen molar-refractivity contribution in [2.24, 2.45) is 11.8 Å². The van der Waals surface area contributed by atoms with Gasteiger partial charge in [-0.1, -0.05) is 19.8 Å². The van der Waals surface area contributed by atoms with E-state index in [0.717, 1.165) is 30.9 Å². The van der Waals surface area contributed by atoms with E-state index in [1.807, 2.05) is 6.20 Å². The first-order valence-electron chi connectivity index (χ1n) is 6.54. The van der Waals surface area contributed by atoms with Gasteiger partial charge in [-0.3, -0.25) is 0 Å². The number of nitrogens with zero attached hydrogens (tertiary/aromatic N) is 2. The Kier molecular flexibility index (Phi) is 3.86. The minimum absolute atomic E-state index is 0.850. The maximum atomic E-state index is 4.34. The molecule has 0 aromatic carbocycles. The quantitative estimate of drug-likeness (QED) is 0.846. The Labute approximate surface area is 98.3 Å². The summed E-state index contributed by atoms with van der Waals surface area (Å²) in [7, 11) is 0. The van der Waals surface area contributed by atoms with E-state index in [1.54, 1.807) is 0 Å². The molecule has 1 fully saturated rings. The van der Waals surface area contributed by atoms with Gasteiger partial charge in [-0.15, -0.1) is 0 Å². The third-order valence-electron chi connectivity index (χ3n) is 3.64. The Morgan fingerprint density at radius 1 is 1.38 bits per heavy atom. The Bertz CT molecular complexity index is 311. The van der Waals surface area contributed by atoms with Crippen molar-refractivity contribution in [3.8, 4) is 0 Å². The van der Waals surface area contributed by atoms with Crippen LogP contribution in [0.15, 0.2) is 12.4 Å². The number of imidazole rings is 1. The van der Waals surface area contributed by atoms with Gasteiger partial charge in [0.2, 0.25) is 5.95 Å². The van der Waals surface area contributed by atoms with Crippen molar-refractivity contribution in [1.82, 2.24) is 9.55 Å². The van der Waals surface area contributed by atoms with Crippen molar-refractivity contribution in [1.29, 1.82) is 0 Å². The van der Waals surface area contributed by atoms with Crippen LogP contribution in [0.3, 0.4) is 0 Å². The van der Waals surface area contributed by atoms with Gasteiger partial charge in [0.15, 0.2) is 0 Å². The van der Waals surface area contributed by atoms with Gasteiger partial charge in [-0.2, -0.15) is 0 Å². The minimum Gasteiger partial charge on any atom is -0.356 e. The third kappa shape index (κ3) is 2.77. The monoisotopic (exact) mass is 221 g/mol. The van der Waals surface area contributed by atoms with Crippen LogP contribution < -0.4 is 5.32 Å². The molecule has 3 nitrogen and oxygen atoms in total. The Morgan fingerprint density at radius 3 is 2.81 bits per heavy atom. The molecule has 3 heteroatoms. The van der Waals surface area contributed by atoms with Gasteiger partial charge in [0.25, 0.3) is 0 Å². The summed E-state index contributed by atoms with van der Waals surface area (Å²) in [6, 6.07) is 0. The van der Waals surface area contributed by atoms with Crippen molar-refractivity contribution in [3.63, 3.8) is 0 Å². The summed E-state index contributed by atoms with van der Waals surface area (Å²) >= 11 is 0. The van der Waals surface area contributed by atoms with E-state index in [-0.39, 0.29) is 0 Å². The highest BCUT2D eigenvalue weighted by Crippen LogP contribution is 2.29. The highest BCUT2D eigenvalue weighted by atomic mass is 15.2. The van der Waals surface area contributed by atoms with Gasteiger partial charge >= 0.3 is 0 Å². The molecule has 1 aliphatic carbocycles. The molecule has 0 saturated heterocycles. The zero-order chi connectivity index (χ0) is 11.4. The van der Waals surface area contributed by atoms with E-state index >= 15 is 0 Å². The van der Waals surface area contributed by atoms with Crippen LogP contribution in [-0.4, -0.2) is 16.1 Å². The van der Waals surface area contributed by atoms with E-state index in [4.69, 9.17) is 0 Å². The summed E-state index contributed by atoms with van der Waals surface area (Å²) in [5.74, 6) is 2.82. The minimum atomic E-state index is 0.850. The average molecular weight is 221 g/mol. The lowest BCUT2D eigenvalue weighted by Gasteiger charge is -2.26. The predicted octanol–water partition coefficient (Wildman–Crippen LogP) is 3.14. The number of rotatable bonds is 4. The van der Waals surface area contributed by atoms with Crippen LogP contribution >= 0.6 is 0 Å². The molecular formula is C13H23N3. The van der Waals surface area contributed by atoms with Crippen molar-refractivity contribution in [2.45, 2.75) is 46.1 Å². The largest absolute Gasteiger partial charge is 0.356 e. The number of hydrogen-bond donors (Lipinski definition) is 1. The molecule has 1 saturated carbocycles.